The topological polar surface area (TPSA) is 30.2 Å². The van der Waals surface area contributed by atoms with Gasteiger partial charge in [-0.15, -0.1) is 11.8 Å². The molecule has 0 atom stereocenters. The molecule has 0 saturated heterocycles. The fraction of sp³-hybridized carbons (Fsp3) is 0.118. The standard InChI is InChI=1S/C17H13ClO2S/c1-11-5-7-13(8-6-11)21-10-15(19)16-9-12-3-2-4-14(18)17(12)20-16/h2-9H,10H2,1H3. The molecule has 0 aliphatic rings. The summed E-state index contributed by atoms with van der Waals surface area (Å²) < 4.78 is 5.57. The van der Waals surface area contributed by atoms with Crippen LogP contribution in [0.1, 0.15) is 16.1 Å². The van der Waals surface area contributed by atoms with Crippen molar-refractivity contribution in [1.29, 1.82) is 0 Å². The monoisotopic (exact) mass is 316 g/mol. The van der Waals surface area contributed by atoms with Crippen LogP contribution in [0.2, 0.25) is 5.02 Å². The molecule has 0 unspecified atom stereocenters. The molecule has 0 amide bonds. The van der Waals surface area contributed by atoms with Gasteiger partial charge in [-0.05, 0) is 31.2 Å². The molecule has 0 radical (unpaired) electrons. The largest absolute Gasteiger partial charge is 0.451 e. The quantitative estimate of drug-likeness (QED) is 0.479. The van der Waals surface area contributed by atoms with Crippen molar-refractivity contribution >= 4 is 40.1 Å². The van der Waals surface area contributed by atoms with E-state index in [1.807, 2.05) is 43.3 Å². The molecule has 21 heavy (non-hydrogen) atoms. The number of rotatable bonds is 4. The number of thioether (sulfide) groups is 1. The summed E-state index contributed by atoms with van der Waals surface area (Å²) in [5.74, 6) is 0.672. The molecule has 0 spiro atoms. The van der Waals surface area contributed by atoms with Crippen molar-refractivity contribution in [3.8, 4) is 0 Å². The van der Waals surface area contributed by atoms with Crippen LogP contribution in [-0.2, 0) is 0 Å². The van der Waals surface area contributed by atoms with Crippen molar-refractivity contribution in [2.75, 3.05) is 5.75 Å². The summed E-state index contributed by atoms with van der Waals surface area (Å²) in [6.07, 6.45) is 0. The van der Waals surface area contributed by atoms with E-state index >= 15 is 0 Å². The van der Waals surface area contributed by atoms with Crippen molar-refractivity contribution in [2.24, 2.45) is 0 Å². The van der Waals surface area contributed by atoms with Gasteiger partial charge in [0.25, 0.3) is 0 Å². The molecule has 0 N–H and O–H groups in total. The lowest BCUT2D eigenvalue weighted by atomic mass is 10.2. The smallest absolute Gasteiger partial charge is 0.208 e. The molecule has 4 heteroatoms. The minimum absolute atomic E-state index is 0.0344. The van der Waals surface area contributed by atoms with Gasteiger partial charge < -0.3 is 4.42 Å². The number of aryl methyl sites for hydroxylation is 1. The molecular formula is C17H13ClO2S. The van der Waals surface area contributed by atoms with Crippen LogP contribution in [0, 0.1) is 6.92 Å². The summed E-state index contributed by atoms with van der Waals surface area (Å²) in [7, 11) is 0. The van der Waals surface area contributed by atoms with Crippen LogP contribution >= 0.6 is 23.4 Å². The van der Waals surface area contributed by atoms with Crippen molar-refractivity contribution in [1.82, 2.24) is 0 Å². The average molecular weight is 317 g/mol. The third-order valence-electron chi connectivity index (χ3n) is 3.16. The van der Waals surface area contributed by atoms with Gasteiger partial charge in [0.1, 0.15) is 0 Å². The number of furan rings is 1. The minimum Gasteiger partial charge on any atom is -0.451 e. The number of carbonyl (C=O) groups excluding carboxylic acids is 1. The first-order chi connectivity index (χ1) is 10.1. The number of hydrogen-bond acceptors (Lipinski definition) is 3. The Hall–Kier alpha value is -1.71. The van der Waals surface area contributed by atoms with Crippen LogP contribution in [0.25, 0.3) is 11.0 Å². The average Bonchev–Trinajstić information content (AvgIpc) is 2.92. The zero-order valence-electron chi connectivity index (χ0n) is 11.4. The van der Waals surface area contributed by atoms with Crippen LogP contribution < -0.4 is 0 Å². The number of para-hydroxylation sites is 1. The fourth-order valence-electron chi connectivity index (χ4n) is 2.02. The third kappa shape index (κ3) is 3.14. The Kier molecular flexibility index (Phi) is 4.04. The van der Waals surface area contributed by atoms with Crippen molar-refractivity contribution in [3.05, 3.63) is 64.9 Å². The summed E-state index contributed by atoms with van der Waals surface area (Å²) in [5, 5.41) is 1.38. The molecule has 1 aromatic heterocycles. The molecule has 2 nitrogen and oxygen atoms in total. The second-order valence-corrected chi connectivity index (χ2v) is 6.25. The number of ketones is 1. The first-order valence-corrected chi connectivity index (χ1v) is 7.90. The van der Waals surface area contributed by atoms with Gasteiger partial charge in [-0.3, -0.25) is 4.79 Å². The maximum Gasteiger partial charge on any atom is 0.208 e. The molecule has 106 valence electrons. The molecule has 2 aromatic carbocycles. The van der Waals surface area contributed by atoms with Crippen molar-refractivity contribution in [3.63, 3.8) is 0 Å². The molecule has 1 heterocycles. The van der Waals surface area contributed by atoms with Gasteiger partial charge in [-0.2, -0.15) is 0 Å². The Morgan fingerprint density at radius 3 is 2.67 bits per heavy atom. The molecule has 0 aliphatic heterocycles. The number of Topliss-reactive ketones (excluding diaryl/α,β-unsaturated/α-hetero) is 1. The van der Waals surface area contributed by atoms with E-state index in [0.717, 1.165) is 10.3 Å². The maximum atomic E-state index is 12.2. The first-order valence-electron chi connectivity index (χ1n) is 6.54. The Morgan fingerprint density at radius 2 is 1.95 bits per heavy atom. The Balaban J connectivity index is 1.75. The van der Waals surface area contributed by atoms with Crippen LogP contribution in [0.4, 0.5) is 0 Å². The first kappa shape index (κ1) is 14.2. The highest BCUT2D eigenvalue weighted by Crippen LogP contribution is 2.28. The van der Waals surface area contributed by atoms with Crippen molar-refractivity contribution < 1.29 is 9.21 Å². The van der Waals surface area contributed by atoms with Crippen LogP contribution in [0.5, 0.6) is 0 Å². The molecule has 3 aromatic rings. The minimum atomic E-state index is -0.0344. The molecule has 0 saturated carbocycles. The van der Waals surface area contributed by atoms with Gasteiger partial charge >= 0.3 is 0 Å². The van der Waals surface area contributed by atoms with E-state index in [2.05, 4.69) is 0 Å². The summed E-state index contributed by atoms with van der Waals surface area (Å²) in [4.78, 5) is 13.3. The highest BCUT2D eigenvalue weighted by Gasteiger charge is 2.14. The van der Waals surface area contributed by atoms with Crippen LogP contribution in [-0.4, -0.2) is 11.5 Å². The number of halogens is 1. The van der Waals surface area contributed by atoms with Gasteiger partial charge in [0, 0.05) is 10.3 Å². The Labute approximate surface area is 132 Å². The van der Waals surface area contributed by atoms with Crippen LogP contribution in [0.3, 0.4) is 0 Å². The highest BCUT2D eigenvalue weighted by atomic mass is 35.5. The Bertz CT molecular complexity index is 790. The van der Waals surface area contributed by atoms with Gasteiger partial charge in [0.05, 0.1) is 10.8 Å². The summed E-state index contributed by atoms with van der Waals surface area (Å²) in [6.45, 7) is 2.04. The lowest BCUT2D eigenvalue weighted by Gasteiger charge is -2.00. The van der Waals surface area contributed by atoms with E-state index in [4.69, 9.17) is 16.0 Å². The highest BCUT2D eigenvalue weighted by molar-refractivity contribution is 8.00. The summed E-state index contributed by atoms with van der Waals surface area (Å²) >= 11 is 7.56. The van der Waals surface area contributed by atoms with Gasteiger partial charge in [0.2, 0.25) is 5.78 Å². The van der Waals surface area contributed by atoms with Crippen LogP contribution in [0.15, 0.2) is 57.8 Å². The second kappa shape index (κ2) is 5.96. The second-order valence-electron chi connectivity index (χ2n) is 4.79. The summed E-state index contributed by atoms with van der Waals surface area (Å²) in [5.41, 5.74) is 1.78. The van der Waals surface area contributed by atoms with Gasteiger partial charge in [-0.25, -0.2) is 0 Å². The van der Waals surface area contributed by atoms with E-state index in [9.17, 15) is 4.79 Å². The lowest BCUT2D eigenvalue weighted by Crippen LogP contribution is -2.00. The number of benzene rings is 2. The zero-order valence-corrected chi connectivity index (χ0v) is 13.0. The van der Waals surface area contributed by atoms with E-state index in [1.165, 1.54) is 17.3 Å². The summed E-state index contributed by atoms with van der Waals surface area (Å²) in [6, 6.07) is 15.3. The van der Waals surface area contributed by atoms with E-state index < -0.39 is 0 Å². The normalized spacial score (nSPS) is 11.0. The van der Waals surface area contributed by atoms with E-state index in [-0.39, 0.29) is 5.78 Å². The van der Waals surface area contributed by atoms with Gasteiger partial charge in [-0.1, -0.05) is 41.4 Å². The molecule has 3 rings (SSSR count). The number of hydrogen-bond donors (Lipinski definition) is 0. The van der Waals surface area contributed by atoms with E-state index in [0.29, 0.717) is 22.1 Å². The third-order valence-corrected chi connectivity index (χ3v) is 4.47. The molecule has 0 bridgehead atoms. The van der Waals surface area contributed by atoms with Gasteiger partial charge in [0.15, 0.2) is 11.3 Å². The molecule has 0 aliphatic carbocycles. The predicted octanol–water partition coefficient (Wildman–Crippen LogP) is 5.37. The zero-order chi connectivity index (χ0) is 14.8. The molecule has 0 fully saturated rings. The maximum absolute atomic E-state index is 12.2. The number of carbonyl (C=O) groups is 1. The number of fused-ring (bicyclic) bond motifs is 1. The van der Waals surface area contributed by atoms with E-state index in [1.54, 1.807) is 12.1 Å². The Morgan fingerprint density at radius 1 is 1.19 bits per heavy atom. The molecular weight excluding hydrogens is 304 g/mol. The fourth-order valence-corrected chi connectivity index (χ4v) is 3.01. The predicted molar refractivity (Wildman–Crippen MR) is 87.5 cm³/mol. The lowest BCUT2D eigenvalue weighted by molar-refractivity contribution is 0.0994. The van der Waals surface area contributed by atoms with Crippen molar-refractivity contribution in [2.45, 2.75) is 11.8 Å². The SMILES string of the molecule is Cc1ccc(SCC(=O)c2cc3cccc(Cl)c3o2)cc1.